The number of aliphatic hydroxyl groups is 2. The van der Waals surface area contributed by atoms with E-state index in [0.717, 1.165) is 6.42 Å². The van der Waals surface area contributed by atoms with Crippen LogP contribution in [-0.2, 0) is 4.74 Å². The zero-order chi connectivity index (χ0) is 23.4. The second-order valence-electron chi connectivity index (χ2n) is 7.84. The summed E-state index contributed by atoms with van der Waals surface area (Å²) >= 11 is 5.74. The van der Waals surface area contributed by atoms with E-state index in [-0.39, 0.29) is 35.9 Å². The highest BCUT2D eigenvalue weighted by Gasteiger charge is 2.22. The average Bonchev–Trinajstić information content (AvgIpc) is 2.83. The lowest BCUT2D eigenvalue weighted by Gasteiger charge is -2.29. The molecular formula is C23H24ClFN4O4. The lowest BCUT2D eigenvalue weighted by molar-refractivity contribution is -0.0213. The highest BCUT2D eigenvalue weighted by molar-refractivity contribution is 6.30. The second-order valence-corrected chi connectivity index (χ2v) is 8.25. The van der Waals surface area contributed by atoms with Crippen molar-refractivity contribution in [1.29, 1.82) is 0 Å². The number of rotatable bonds is 7. The van der Waals surface area contributed by atoms with Crippen LogP contribution < -0.4 is 10.9 Å². The first-order valence-electron chi connectivity index (χ1n) is 10.6. The number of hydrogen-bond donors (Lipinski definition) is 3. The minimum atomic E-state index is -0.756. The van der Waals surface area contributed by atoms with E-state index in [1.54, 1.807) is 30.6 Å². The van der Waals surface area contributed by atoms with Crippen LogP contribution in [0.25, 0.3) is 11.3 Å². The van der Waals surface area contributed by atoms with Crippen LogP contribution >= 0.6 is 11.6 Å². The summed E-state index contributed by atoms with van der Waals surface area (Å²) in [4.78, 5) is 21.6. The Kier molecular flexibility index (Phi) is 7.34. The van der Waals surface area contributed by atoms with E-state index in [4.69, 9.17) is 16.3 Å². The van der Waals surface area contributed by atoms with Gasteiger partial charge in [0.2, 0.25) is 5.95 Å². The van der Waals surface area contributed by atoms with E-state index in [9.17, 15) is 19.4 Å². The van der Waals surface area contributed by atoms with Gasteiger partial charge in [-0.25, -0.2) is 14.4 Å². The van der Waals surface area contributed by atoms with Crippen molar-refractivity contribution >= 4 is 17.5 Å². The van der Waals surface area contributed by atoms with Gasteiger partial charge >= 0.3 is 0 Å². The summed E-state index contributed by atoms with van der Waals surface area (Å²) in [5.74, 6) is -0.196. The molecule has 1 fully saturated rings. The molecule has 3 atom stereocenters. The summed E-state index contributed by atoms with van der Waals surface area (Å²) < 4.78 is 20.7. The van der Waals surface area contributed by atoms with E-state index in [0.29, 0.717) is 35.8 Å². The number of nitrogens with one attached hydrogen (secondary N) is 1. The second kappa shape index (κ2) is 10.4. The molecule has 0 amide bonds. The topological polar surface area (TPSA) is 110 Å². The van der Waals surface area contributed by atoms with Crippen molar-refractivity contribution in [1.82, 2.24) is 14.5 Å². The third-order valence-corrected chi connectivity index (χ3v) is 5.95. The van der Waals surface area contributed by atoms with Gasteiger partial charge in [0.25, 0.3) is 5.56 Å². The molecule has 1 aliphatic rings. The fourth-order valence-corrected chi connectivity index (χ4v) is 4.01. The van der Waals surface area contributed by atoms with Gasteiger partial charge in [0.15, 0.2) is 0 Å². The number of ether oxygens (including phenoxy) is 1. The molecule has 3 aromatic rings. The molecule has 2 aromatic heterocycles. The number of benzene rings is 1. The Balaban J connectivity index is 1.56. The van der Waals surface area contributed by atoms with Gasteiger partial charge in [-0.2, -0.15) is 0 Å². The van der Waals surface area contributed by atoms with Crippen molar-refractivity contribution in [2.24, 2.45) is 0 Å². The number of aliphatic hydroxyl groups excluding tert-OH is 2. The molecule has 8 nitrogen and oxygen atoms in total. The number of nitrogens with zero attached hydrogens (tertiary/aromatic N) is 3. The standard InChI is InChI=1S/C23H24ClFN4O4/c24-18-2-1-15(9-19(18)25)21(13-31)29-7-4-14(10-22(29)32)20-3-6-26-23(28-20)27-16-5-8-33-17(11-16)12-30/h1-4,6-7,9-10,16-17,21,30-31H,5,8,11-13H2,(H,26,27,28). The number of anilines is 1. The largest absolute Gasteiger partial charge is 0.394 e. The zero-order valence-electron chi connectivity index (χ0n) is 17.7. The molecule has 33 heavy (non-hydrogen) atoms. The Morgan fingerprint density at radius 1 is 1.27 bits per heavy atom. The van der Waals surface area contributed by atoms with Gasteiger partial charge in [-0.15, -0.1) is 0 Å². The van der Waals surface area contributed by atoms with Gasteiger partial charge in [0.1, 0.15) is 5.82 Å². The Hall–Kier alpha value is -2.85. The Bertz CT molecular complexity index is 1180. The van der Waals surface area contributed by atoms with Gasteiger partial charge in [-0.3, -0.25) is 4.79 Å². The molecule has 174 valence electrons. The maximum atomic E-state index is 13.9. The minimum absolute atomic E-state index is 0.0288. The van der Waals surface area contributed by atoms with Crippen molar-refractivity contribution in [2.75, 3.05) is 25.1 Å². The van der Waals surface area contributed by atoms with Crippen molar-refractivity contribution in [3.63, 3.8) is 0 Å². The molecule has 0 bridgehead atoms. The first kappa shape index (κ1) is 23.3. The fraction of sp³-hybridized carbons (Fsp3) is 0.348. The van der Waals surface area contributed by atoms with E-state index in [1.165, 1.54) is 22.8 Å². The van der Waals surface area contributed by atoms with Crippen LogP contribution in [0.1, 0.15) is 24.4 Å². The molecular weight excluding hydrogens is 451 g/mol. The predicted octanol–water partition coefficient (Wildman–Crippen LogP) is 2.63. The Morgan fingerprint density at radius 3 is 2.85 bits per heavy atom. The predicted molar refractivity (Wildman–Crippen MR) is 122 cm³/mol. The summed E-state index contributed by atoms with van der Waals surface area (Å²) in [6.07, 6.45) is 4.36. The number of pyridine rings is 1. The highest BCUT2D eigenvalue weighted by atomic mass is 35.5. The molecule has 0 spiro atoms. The zero-order valence-corrected chi connectivity index (χ0v) is 18.5. The van der Waals surface area contributed by atoms with E-state index in [1.807, 2.05) is 0 Å². The van der Waals surface area contributed by atoms with E-state index < -0.39 is 11.9 Å². The van der Waals surface area contributed by atoms with Gasteiger partial charge in [0, 0.05) is 36.7 Å². The summed E-state index contributed by atoms with van der Waals surface area (Å²) in [5, 5.41) is 22.4. The first-order chi connectivity index (χ1) is 16.0. The summed E-state index contributed by atoms with van der Waals surface area (Å²) in [6.45, 7) is 0.124. The monoisotopic (exact) mass is 474 g/mol. The van der Waals surface area contributed by atoms with Crippen LogP contribution in [0.15, 0.2) is 53.6 Å². The molecule has 3 heterocycles. The quantitative estimate of drug-likeness (QED) is 0.483. The molecule has 1 saturated heterocycles. The van der Waals surface area contributed by atoms with Crippen LogP contribution in [0.3, 0.4) is 0 Å². The molecule has 3 unspecified atom stereocenters. The fourth-order valence-electron chi connectivity index (χ4n) is 3.89. The van der Waals surface area contributed by atoms with Crippen molar-refractivity contribution in [2.45, 2.75) is 31.0 Å². The number of halogens is 2. The number of hydrogen-bond acceptors (Lipinski definition) is 7. The molecule has 4 rings (SSSR count). The lowest BCUT2D eigenvalue weighted by Crippen LogP contribution is -2.36. The SMILES string of the molecule is O=c1cc(-c2ccnc(NC3CCOC(CO)C3)n2)ccn1C(CO)c1ccc(Cl)c(F)c1. The van der Waals surface area contributed by atoms with Crippen LogP contribution in [0, 0.1) is 5.82 Å². The van der Waals surface area contributed by atoms with Crippen LogP contribution in [0.5, 0.6) is 0 Å². The molecule has 0 radical (unpaired) electrons. The molecule has 10 heteroatoms. The van der Waals surface area contributed by atoms with Gasteiger partial charge in [-0.05, 0) is 42.7 Å². The first-order valence-corrected chi connectivity index (χ1v) is 11.0. The minimum Gasteiger partial charge on any atom is -0.394 e. The molecule has 1 aromatic carbocycles. The molecule has 3 N–H and O–H groups in total. The van der Waals surface area contributed by atoms with Gasteiger partial charge in [0.05, 0.1) is 36.1 Å². The van der Waals surface area contributed by atoms with Crippen molar-refractivity contribution in [3.05, 3.63) is 75.5 Å². The van der Waals surface area contributed by atoms with Crippen LogP contribution in [0.2, 0.25) is 5.02 Å². The highest BCUT2D eigenvalue weighted by Crippen LogP contribution is 2.24. The molecule has 0 aliphatic carbocycles. The molecule has 1 aliphatic heterocycles. The number of aromatic nitrogens is 3. The normalized spacial score (nSPS) is 19.3. The van der Waals surface area contributed by atoms with Gasteiger partial charge in [-0.1, -0.05) is 17.7 Å². The lowest BCUT2D eigenvalue weighted by atomic mass is 10.0. The summed E-state index contributed by atoms with van der Waals surface area (Å²) in [6, 6.07) is 8.32. The van der Waals surface area contributed by atoms with Crippen LogP contribution in [0.4, 0.5) is 10.3 Å². The third kappa shape index (κ3) is 5.39. The maximum absolute atomic E-state index is 13.9. The van der Waals surface area contributed by atoms with Crippen molar-refractivity contribution in [3.8, 4) is 11.3 Å². The third-order valence-electron chi connectivity index (χ3n) is 5.64. The smallest absolute Gasteiger partial charge is 0.251 e. The van der Waals surface area contributed by atoms with Crippen molar-refractivity contribution < 1.29 is 19.3 Å². The van der Waals surface area contributed by atoms with Gasteiger partial charge < -0.3 is 24.8 Å². The average molecular weight is 475 g/mol. The van der Waals surface area contributed by atoms with Crippen LogP contribution in [-0.4, -0.2) is 56.7 Å². The summed E-state index contributed by atoms with van der Waals surface area (Å²) in [7, 11) is 0. The van der Waals surface area contributed by atoms with E-state index in [2.05, 4.69) is 15.3 Å². The van der Waals surface area contributed by atoms with E-state index >= 15 is 0 Å². The molecule has 0 saturated carbocycles. The maximum Gasteiger partial charge on any atom is 0.251 e. The Labute approximate surface area is 194 Å². The summed E-state index contributed by atoms with van der Waals surface area (Å²) in [5.41, 5.74) is 1.20. The Morgan fingerprint density at radius 2 is 2.12 bits per heavy atom.